The van der Waals surface area contributed by atoms with Crippen LogP contribution in [0.5, 0.6) is 0 Å². The number of nitrogens with one attached hydrogen (secondary N) is 1. The van der Waals surface area contributed by atoms with Gasteiger partial charge in [-0.2, -0.15) is 12.6 Å². The van der Waals surface area contributed by atoms with Crippen molar-refractivity contribution >= 4 is 24.0 Å². The summed E-state index contributed by atoms with van der Waals surface area (Å²) in [6.07, 6.45) is 6.62. The SMILES string of the molecule is CC1CNCCN1c1cc2c(cc1F)C(S)C=CN2C1CC1. The van der Waals surface area contributed by atoms with E-state index >= 15 is 0 Å². The van der Waals surface area contributed by atoms with Gasteiger partial charge in [0.2, 0.25) is 0 Å². The first-order valence-corrected chi connectivity index (χ1v) is 8.62. The highest BCUT2D eigenvalue weighted by Crippen LogP contribution is 2.44. The predicted octanol–water partition coefficient (Wildman–Crippen LogP) is 3.09. The highest BCUT2D eigenvalue weighted by atomic mass is 32.1. The van der Waals surface area contributed by atoms with E-state index in [9.17, 15) is 4.39 Å². The van der Waals surface area contributed by atoms with E-state index in [2.05, 4.69) is 46.9 Å². The van der Waals surface area contributed by atoms with Crippen LogP contribution in [-0.4, -0.2) is 31.7 Å². The molecular weight excluding hydrogens is 297 g/mol. The van der Waals surface area contributed by atoms with Gasteiger partial charge in [0, 0.05) is 48.9 Å². The summed E-state index contributed by atoms with van der Waals surface area (Å²) in [4.78, 5) is 4.49. The molecule has 2 atom stereocenters. The van der Waals surface area contributed by atoms with Gasteiger partial charge >= 0.3 is 0 Å². The molecule has 2 aliphatic heterocycles. The second kappa shape index (κ2) is 5.46. The molecule has 1 aliphatic carbocycles. The van der Waals surface area contributed by atoms with Crippen LogP contribution in [0.4, 0.5) is 15.8 Å². The van der Waals surface area contributed by atoms with Gasteiger partial charge in [0.1, 0.15) is 5.82 Å². The molecule has 118 valence electrons. The summed E-state index contributed by atoms with van der Waals surface area (Å²) in [6.45, 7) is 4.80. The Kier molecular flexibility index (Phi) is 3.57. The second-order valence-electron chi connectivity index (χ2n) is 6.53. The fourth-order valence-corrected chi connectivity index (χ4v) is 3.76. The molecule has 4 rings (SSSR count). The molecule has 1 saturated heterocycles. The second-order valence-corrected chi connectivity index (χ2v) is 7.09. The zero-order chi connectivity index (χ0) is 15.3. The van der Waals surface area contributed by atoms with Crippen LogP contribution < -0.4 is 15.1 Å². The van der Waals surface area contributed by atoms with Crippen molar-refractivity contribution in [2.45, 2.75) is 37.1 Å². The molecule has 3 nitrogen and oxygen atoms in total. The van der Waals surface area contributed by atoms with Crippen LogP contribution in [0.3, 0.4) is 0 Å². The fraction of sp³-hybridized carbons (Fsp3) is 0.529. The molecule has 0 bridgehead atoms. The van der Waals surface area contributed by atoms with Crippen molar-refractivity contribution in [1.29, 1.82) is 0 Å². The molecule has 5 heteroatoms. The molecule has 1 N–H and O–H groups in total. The highest BCUT2D eigenvalue weighted by molar-refractivity contribution is 7.80. The number of rotatable bonds is 2. The van der Waals surface area contributed by atoms with Gasteiger partial charge in [-0.05, 0) is 37.5 Å². The third kappa shape index (κ3) is 2.40. The van der Waals surface area contributed by atoms with Crippen LogP contribution in [0.1, 0.15) is 30.6 Å². The monoisotopic (exact) mass is 319 g/mol. The maximum atomic E-state index is 14.7. The first-order valence-electron chi connectivity index (χ1n) is 8.10. The molecule has 2 fully saturated rings. The highest BCUT2D eigenvalue weighted by Gasteiger charge is 2.33. The normalized spacial score (nSPS) is 28.0. The summed E-state index contributed by atoms with van der Waals surface area (Å²) < 4.78 is 14.7. The van der Waals surface area contributed by atoms with E-state index in [0.717, 1.165) is 36.6 Å². The lowest BCUT2D eigenvalue weighted by molar-refractivity contribution is 0.490. The molecule has 0 aromatic heterocycles. The minimum Gasteiger partial charge on any atom is -0.364 e. The molecule has 2 unspecified atom stereocenters. The standard InChI is InChI=1S/C17H22FN3S/c1-11-10-19-5-7-20(11)16-9-15-13(8-14(16)18)17(22)4-6-21(15)12-2-3-12/h4,6,8-9,11-12,17,19,22H,2-3,5,7,10H2,1H3. The molecule has 22 heavy (non-hydrogen) atoms. The summed E-state index contributed by atoms with van der Waals surface area (Å²) in [5, 5.41) is 3.34. The third-order valence-electron chi connectivity index (χ3n) is 4.87. The topological polar surface area (TPSA) is 18.5 Å². The zero-order valence-corrected chi connectivity index (χ0v) is 13.7. The lowest BCUT2D eigenvalue weighted by atomic mass is 10.0. The van der Waals surface area contributed by atoms with E-state index in [1.807, 2.05) is 6.07 Å². The first kappa shape index (κ1) is 14.4. The number of benzene rings is 1. The Morgan fingerprint density at radius 3 is 2.82 bits per heavy atom. The minimum atomic E-state index is -0.127. The Morgan fingerprint density at radius 2 is 2.09 bits per heavy atom. The summed E-state index contributed by atoms with van der Waals surface area (Å²) in [6, 6.07) is 4.62. The molecule has 1 saturated carbocycles. The Labute approximate surface area is 136 Å². The predicted molar refractivity (Wildman–Crippen MR) is 92.4 cm³/mol. The third-order valence-corrected chi connectivity index (χ3v) is 5.32. The molecule has 0 radical (unpaired) electrons. The number of fused-ring (bicyclic) bond motifs is 1. The summed E-state index contributed by atoms with van der Waals surface area (Å²) in [7, 11) is 0. The Bertz CT molecular complexity index is 614. The number of thiol groups is 1. The van der Waals surface area contributed by atoms with Crippen LogP contribution in [0.25, 0.3) is 0 Å². The van der Waals surface area contributed by atoms with Gasteiger partial charge in [0.25, 0.3) is 0 Å². The van der Waals surface area contributed by atoms with Gasteiger partial charge in [0.05, 0.1) is 5.69 Å². The van der Waals surface area contributed by atoms with E-state index in [4.69, 9.17) is 0 Å². The van der Waals surface area contributed by atoms with Gasteiger partial charge in [-0.3, -0.25) is 0 Å². The first-order chi connectivity index (χ1) is 10.6. The van der Waals surface area contributed by atoms with Crippen LogP contribution in [0.2, 0.25) is 0 Å². The largest absolute Gasteiger partial charge is 0.364 e. The zero-order valence-electron chi connectivity index (χ0n) is 12.8. The van der Waals surface area contributed by atoms with Gasteiger partial charge in [0.15, 0.2) is 0 Å². The number of piperazine rings is 1. The van der Waals surface area contributed by atoms with Crippen molar-refractivity contribution in [3.8, 4) is 0 Å². The van der Waals surface area contributed by atoms with Crippen molar-refractivity contribution in [3.05, 3.63) is 35.8 Å². The Morgan fingerprint density at radius 1 is 1.27 bits per heavy atom. The van der Waals surface area contributed by atoms with Crippen LogP contribution in [0, 0.1) is 5.82 Å². The van der Waals surface area contributed by atoms with Gasteiger partial charge in [-0.25, -0.2) is 4.39 Å². The maximum absolute atomic E-state index is 14.7. The number of halogens is 1. The molecule has 0 amide bonds. The molecule has 3 aliphatic rings. The number of anilines is 2. The van der Waals surface area contributed by atoms with Crippen molar-refractivity contribution in [2.75, 3.05) is 29.4 Å². The van der Waals surface area contributed by atoms with Crippen LogP contribution >= 0.6 is 12.6 Å². The smallest absolute Gasteiger partial charge is 0.146 e. The number of hydrogen-bond donors (Lipinski definition) is 2. The van der Waals surface area contributed by atoms with E-state index in [-0.39, 0.29) is 11.1 Å². The average Bonchev–Trinajstić information content (AvgIpc) is 3.33. The van der Waals surface area contributed by atoms with Crippen molar-refractivity contribution in [2.24, 2.45) is 0 Å². The average molecular weight is 319 g/mol. The van der Waals surface area contributed by atoms with Crippen molar-refractivity contribution in [1.82, 2.24) is 5.32 Å². The van der Waals surface area contributed by atoms with E-state index in [0.29, 0.717) is 12.1 Å². The van der Waals surface area contributed by atoms with Crippen molar-refractivity contribution in [3.63, 3.8) is 0 Å². The minimum absolute atomic E-state index is 0.0194. The number of nitrogens with zero attached hydrogens (tertiary/aromatic N) is 2. The molecular formula is C17H22FN3S. The van der Waals surface area contributed by atoms with Gasteiger partial charge < -0.3 is 15.1 Å². The quantitative estimate of drug-likeness (QED) is 0.817. The molecule has 1 aromatic carbocycles. The Hall–Kier alpha value is -1.20. The lowest BCUT2D eigenvalue weighted by Crippen LogP contribution is -2.50. The maximum Gasteiger partial charge on any atom is 0.146 e. The summed E-state index contributed by atoms with van der Waals surface area (Å²) in [5.41, 5.74) is 2.85. The molecule has 0 spiro atoms. The van der Waals surface area contributed by atoms with Crippen LogP contribution in [0.15, 0.2) is 24.4 Å². The molecule has 2 heterocycles. The number of hydrogen-bond acceptors (Lipinski definition) is 4. The fourth-order valence-electron chi connectivity index (χ4n) is 3.48. The van der Waals surface area contributed by atoms with E-state index in [1.165, 1.54) is 12.8 Å². The van der Waals surface area contributed by atoms with Gasteiger partial charge in [-0.1, -0.05) is 6.08 Å². The summed E-state index contributed by atoms with van der Waals surface area (Å²) in [5.74, 6) is -0.127. The molecule has 1 aromatic rings. The van der Waals surface area contributed by atoms with Crippen LogP contribution in [-0.2, 0) is 0 Å². The van der Waals surface area contributed by atoms with E-state index in [1.54, 1.807) is 6.07 Å². The van der Waals surface area contributed by atoms with E-state index < -0.39 is 0 Å². The van der Waals surface area contributed by atoms with Gasteiger partial charge in [-0.15, -0.1) is 0 Å². The summed E-state index contributed by atoms with van der Waals surface area (Å²) >= 11 is 4.59. The lowest BCUT2D eigenvalue weighted by Gasteiger charge is -2.38. The van der Waals surface area contributed by atoms with Crippen molar-refractivity contribution < 1.29 is 4.39 Å². The Balaban J connectivity index is 1.76.